The number of phenols is 1. The summed E-state index contributed by atoms with van der Waals surface area (Å²) < 4.78 is 10.4. The molecule has 0 radical (unpaired) electrons. The molecule has 0 aliphatic carbocycles. The highest BCUT2D eigenvalue weighted by Crippen LogP contribution is 2.22. The second kappa shape index (κ2) is 8.67. The van der Waals surface area contributed by atoms with Crippen LogP contribution in [-0.4, -0.2) is 32.3 Å². The third kappa shape index (κ3) is 4.81. The van der Waals surface area contributed by atoms with Gasteiger partial charge < -0.3 is 25.2 Å². The lowest BCUT2D eigenvalue weighted by Crippen LogP contribution is -2.36. The number of ether oxygens (including phenoxy) is 2. The fourth-order valence-electron chi connectivity index (χ4n) is 2.20. The van der Waals surface area contributed by atoms with E-state index < -0.39 is 0 Å². The number of hydrogen-bond acceptors (Lipinski definition) is 4. The number of methoxy groups -OCH3 is 2. The molecular formula is C18H23N3O3. The van der Waals surface area contributed by atoms with E-state index in [-0.39, 0.29) is 5.75 Å². The summed E-state index contributed by atoms with van der Waals surface area (Å²) in [5, 5.41) is 16.3. The molecule has 0 aliphatic rings. The van der Waals surface area contributed by atoms with Gasteiger partial charge in [-0.2, -0.15) is 0 Å². The molecule has 6 heteroatoms. The lowest BCUT2D eigenvalue weighted by Gasteiger charge is -2.13. The summed E-state index contributed by atoms with van der Waals surface area (Å²) in [5.41, 5.74) is 1.82. The Balaban J connectivity index is 1.93. The summed E-state index contributed by atoms with van der Waals surface area (Å²) in [5.74, 6) is 2.37. The van der Waals surface area contributed by atoms with Gasteiger partial charge in [0.15, 0.2) is 5.96 Å². The highest BCUT2D eigenvalue weighted by Gasteiger charge is 2.05. The minimum absolute atomic E-state index is 0.214. The van der Waals surface area contributed by atoms with Crippen LogP contribution in [0.2, 0.25) is 0 Å². The van der Waals surface area contributed by atoms with E-state index in [1.807, 2.05) is 24.3 Å². The quantitative estimate of drug-likeness (QED) is 0.560. The topological polar surface area (TPSA) is 75.1 Å². The van der Waals surface area contributed by atoms with Crippen molar-refractivity contribution in [2.24, 2.45) is 4.99 Å². The SMILES string of the molecule is CN=C(NCc1cccc(OC)c1)NCc1cc(OC)ccc1O. The smallest absolute Gasteiger partial charge is 0.191 e. The fourth-order valence-corrected chi connectivity index (χ4v) is 2.20. The van der Waals surface area contributed by atoms with Crippen molar-refractivity contribution >= 4 is 5.96 Å². The van der Waals surface area contributed by atoms with E-state index in [9.17, 15) is 5.11 Å². The number of benzene rings is 2. The maximum absolute atomic E-state index is 9.91. The van der Waals surface area contributed by atoms with Crippen LogP contribution < -0.4 is 20.1 Å². The molecule has 0 amide bonds. The molecule has 0 heterocycles. The van der Waals surface area contributed by atoms with Crippen molar-refractivity contribution in [3.63, 3.8) is 0 Å². The summed E-state index contributed by atoms with van der Waals surface area (Å²) in [6.45, 7) is 1.04. The Morgan fingerprint density at radius 2 is 1.71 bits per heavy atom. The van der Waals surface area contributed by atoms with Crippen LogP contribution in [-0.2, 0) is 13.1 Å². The zero-order chi connectivity index (χ0) is 17.4. The Labute approximate surface area is 142 Å². The van der Waals surface area contributed by atoms with Crippen LogP contribution in [0, 0.1) is 0 Å². The van der Waals surface area contributed by atoms with Crippen LogP contribution >= 0.6 is 0 Å². The van der Waals surface area contributed by atoms with E-state index in [0.717, 1.165) is 16.9 Å². The van der Waals surface area contributed by atoms with Gasteiger partial charge in [0.25, 0.3) is 0 Å². The largest absolute Gasteiger partial charge is 0.508 e. The Kier molecular flexibility index (Phi) is 6.31. The number of rotatable bonds is 6. The van der Waals surface area contributed by atoms with Crippen LogP contribution in [0.15, 0.2) is 47.5 Å². The molecule has 0 aliphatic heterocycles. The number of phenolic OH excluding ortho intramolecular Hbond substituents is 1. The standard InChI is InChI=1S/C18H23N3O3/c1-19-18(20-11-13-5-4-6-15(9-13)23-2)21-12-14-10-16(24-3)7-8-17(14)22/h4-10,22H,11-12H2,1-3H3,(H2,19,20,21). The second-order valence-corrected chi connectivity index (χ2v) is 5.13. The molecule has 3 N–H and O–H groups in total. The predicted octanol–water partition coefficient (Wildman–Crippen LogP) is 2.27. The summed E-state index contributed by atoms with van der Waals surface area (Å²) in [6, 6.07) is 12.9. The van der Waals surface area contributed by atoms with Crippen molar-refractivity contribution in [2.75, 3.05) is 21.3 Å². The molecule has 0 fully saturated rings. The molecule has 2 aromatic carbocycles. The molecule has 0 unspecified atom stereocenters. The monoisotopic (exact) mass is 329 g/mol. The molecule has 0 atom stereocenters. The maximum Gasteiger partial charge on any atom is 0.191 e. The molecule has 0 spiro atoms. The Bertz CT molecular complexity index is 702. The first-order chi connectivity index (χ1) is 11.7. The van der Waals surface area contributed by atoms with Crippen molar-refractivity contribution in [1.29, 1.82) is 0 Å². The minimum Gasteiger partial charge on any atom is -0.508 e. The Hall–Kier alpha value is -2.89. The van der Waals surface area contributed by atoms with E-state index in [0.29, 0.717) is 24.8 Å². The van der Waals surface area contributed by atoms with Gasteiger partial charge in [-0.15, -0.1) is 0 Å². The molecule has 0 saturated heterocycles. The van der Waals surface area contributed by atoms with Crippen LogP contribution in [0.5, 0.6) is 17.2 Å². The van der Waals surface area contributed by atoms with Crippen molar-refractivity contribution < 1.29 is 14.6 Å². The molecule has 0 saturated carbocycles. The number of nitrogens with one attached hydrogen (secondary N) is 2. The molecule has 128 valence electrons. The van der Waals surface area contributed by atoms with Crippen LogP contribution in [0.25, 0.3) is 0 Å². The van der Waals surface area contributed by atoms with E-state index in [1.54, 1.807) is 39.5 Å². The zero-order valence-corrected chi connectivity index (χ0v) is 14.2. The summed E-state index contributed by atoms with van der Waals surface area (Å²) >= 11 is 0. The highest BCUT2D eigenvalue weighted by molar-refractivity contribution is 5.79. The first-order valence-electron chi connectivity index (χ1n) is 7.59. The lowest BCUT2D eigenvalue weighted by molar-refractivity contribution is 0.410. The average molecular weight is 329 g/mol. The molecule has 6 nitrogen and oxygen atoms in total. The first-order valence-corrected chi connectivity index (χ1v) is 7.59. The summed E-state index contributed by atoms with van der Waals surface area (Å²) in [6.07, 6.45) is 0. The van der Waals surface area contributed by atoms with Crippen molar-refractivity contribution in [3.05, 3.63) is 53.6 Å². The van der Waals surface area contributed by atoms with Gasteiger partial charge in [0.1, 0.15) is 17.2 Å². The molecule has 2 aromatic rings. The van der Waals surface area contributed by atoms with Crippen LogP contribution in [0.1, 0.15) is 11.1 Å². The van der Waals surface area contributed by atoms with Gasteiger partial charge in [-0.3, -0.25) is 4.99 Å². The van der Waals surface area contributed by atoms with Gasteiger partial charge in [0, 0.05) is 25.7 Å². The number of hydrogen-bond donors (Lipinski definition) is 3. The summed E-state index contributed by atoms with van der Waals surface area (Å²) in [4.78, 5) is 4.18. The normalized spacial score (nSPS) is 11.0. The molecule has 24 heavy (non-hydrogen) atoms. The highest BCUT2D eigenvalue weighted by atomic mass is 16.5. The average Bonchev–Trinajstić information content (AvgIpc) is 2.63. The maximum atomic E-state index is 9.91. The summed E-state index contributed by atoms with van der Waals surface area (Å²) in [7, 11) is 4.94. The van der Waals surface area contributed by atoms with Crippen LogP contribution in [0.3, 0.4) is 0 Å². The molecule has 2 rings (SSSR count). The number of aliphatic imine (C=N–C) groups is 1. The van der Waals surface area contributed by atoms with Gasteiger partial charge in [0.2, 0.25) is 0 Å². The number of nitrogens with zero attached hydrogens (tertiary/aromatic N) is 1. The number of guanidine groups is 1. The van der Waals surface area contributed by atoms with Crippen LogP contribution in [0.4, 0.5) is 0 Å². The van der Waals surface area contributed by atoms with Gasteiger partial charge in [-0.25, -0.2) is 0 Å². The van der Waals surface area contributed by atoms with Gasteiger partial charge in [-0.05, 0) is 35.9 Å². The predicted molar refractivity (Wildman–Crippen MR) is 94.7 cm³/mol. The lowest BCUT2D eigenvalue weighted by atomic mass is 10.2. The van der Waals surface area contributed by atoms with E-state index in [1.165, 1.54) is 0 Å². The van der Waals surface area contributed by atoms with E-state index in [4.69, 9.17) is 9.47 Å². The third-order valence-corrected chi connectivity index (χ3v) is 3.55. The molecular weight excluding hydrogens is 306 g/mol. The third-order valence-electron chi connectivity index (χ3n) is 3.55. The van der Waals surface area contributed by atoms with E-state index in [2.05, 4.69) is 15.6 Å². The van der Waals surface area contributed by atoms with Crippen molar-refractivity contribution in [2.45, 2.75) is 13.1 Å². The van der Waals surface area contributed by atoms with E-state index >= 15 is 0 Å². The van der Waals surface area contributed by atoms with Crippen molar-refractivity contribution in [3.8, 4) is 17.2 Å². The molecule has 0 aromatic heterocycles. The van der Waals surface area contributed by atoms with Crippen molar-refractivity contribution in [1.82, 2.24) is 10.6 Å². The Morgan fingerprint density at radius 1 is 1.00 bits per heavy atom. The number of aromatic hydroxyl groups is 1. The zero-order valence-electron chi connectivity index (χ0n) is 14.2. The van der Waals surface area contributed by atoms with Gasteiger partial charge >= 0.3 is 0 Å². The van der Waals surface area contributed by atoms with Gasteiger partial charge in [0.05, 0.1) is 14.2 Å². The second-order valence-electron chi connectivity index (χ2n) is 5.13. The fraction of sp³-hybridized carbons (Fsp3) is 0.278. The molecule has 0 bridgehead atoms. The minimum atomic E-state index is 0.214. The first kappa shape index (κ1) is 17.5. The Morgan fingerprint density at radius 3 is 2.42 bits per heavy atom. The van der Waals surface area contributed by atoms with Gasteiger partial charge in [-0.1, -0.05) is 12.1 Å².